The van der Waals surface area contributed by atoms with Crippen molar-refractivity contribution >= 4 is 33.7 Å². The van der Waals surface area contributed by atoms with Crippen LogP contribution in [0, 0.1) is 0 Å². The predicted molar refractivity (Wildman–Crippen MR) is 187 cm³/mol. The van der Waals surface area contributed by atoms with E-state index < -0.39 is 23.1 Å². The Morgan fingerprint density at radius 3 is 1.11 bits per heavy atom. The van der Waals surface area contributed by atoms with Gasteiger partial charge in [-0.05, 0) is 35.0 Å². The molecule has 0 bridgehead atoms. The van der Waals surface area contributed by atoms with Gasteiger partial charge in [-0.2, -0.15) is 0 Å². The van der Waals surface area contributed by atoms with E-state index in [2.05, 4.69) is 14.7 Å². The number of para-hydroxylation sites is 2. The van der Waals surface area contributed by atoms with Crippen LogP contribution in [0.3, 0.4) is 0 Å². The van der Waals surface area contributed by atoms with Gasteiger partial charge in [-0.1, -0.05) is 146 Å². The molecule has 7 aromatic rings. The number of carbonyl (C=O) groups is 2. The molecule has 0 saturated carbocycles. The van der Waals surface area contributed by atoms with Crippen molar-refractivity contribution in [1.29, 1.82) is 0 Å². The molecule has 3 N–H and O–H groups in total. The Balaban J connectivity index is 0.000000171. The number of ether oxygens (including phenoxy) is 1. The number of hydrogen-bond donors (Lipinski definition) is 3. The molecule has 2 heterocycles. The SMILES string of the molecule is COC(=O)c1cc2ccccc2[nH]c1=O.O=C(O)c1cc2ccccc2[nH]c1=O.c1ccccc1.c1ccccc1.c1ccccc1. The number of H-pyrrole nitrogens is 2. The van der Waals surface area contributed by atoms with Crippen molar-refractivity contribution in [3.8, 4) is 0 Å². The second-order valence-electron chi connectivity index (χ2n) is 9.46. The Hall–Kier alpha value is -6.54. The number of aromatic nitrogens is 2. The summed E-state index contributed by atoms with van der Waals surface area (Å²) in [5, 5.41) is 10.2. The molecule has 8 nitrogen and oxygen atoms in total. The third-order valence-electron chi connectivity index (χ3n) is 6.14. The highest BCUT2D eigenvalue weighted by Gasteiger charge is 2.11. The zero-order valence-electron chi connectivity index (χ0n) is 25.7. The fourth-order valence-corrected chi connectivity index (χ4v) is 3.87. The molecular formula is C39H34N2O6. The molecule has 0 saturated heterocycles. The molecule has 2 aromatic heterocycles. The molecule has 7 rings (SSSR count). The third kappa shape index (κ3) is 12.2. The monoisotopic (exact) mass is 626 g/mol. The fourth-order valence-electron chi connectivity index (χ4n) is 3.87. The van der Waals surface area contributed by atoms with Gasteiger partial charge in [0.15, 0.2) is 0 Å². The minimum absolute atomic E-state index is 0.0243. The molecule has 0 fully saturated rings. The normalized spacial score (nSPS) is 9.38. The fraction of sp³-hybridized carbons (Fsp3) is 0.0256. The first-order valence-electron chi connectivity index (χ1n) is 14.5. The van der Waals surface area contributed by atoms with Crippen molar-refractivity contribution in [3.63, 3.8) is 0 Å². The van der Waals surface area contributed by atoms with Crippen LogP contribution in [-0.2, 0) is 4.74 Å². The maximum atomic E-state index is 11.5. The van der Waals surface area contributed by atoms with E-state index in [1.54, 1.807) is 30.3 Å². The third-order valence-corrected chi connectivity index (χ3v) is 6.14. The predicted octanol–water partition coefficient (Wildman–Crippen LogP) is 7.60. The topological polar surface area (TPSA) is 129 Å². The number of fused-ring (bicyclic) bond motifs is 2. The molecular weight excluding hydrogens is 592 g/mol. The molecule has 47 heavy (non-hydrogen) atoms. The number of pyridine rings is 2. The zero-order valence-corrected chi connectivity index (χ0v) is 25.7. The molecule has 5 aromatic carbocycles. The summed E-state index contributed by atoms with van der Waals surface area (Å²) >= 11 is 0. The van der Waals surface area contributed by atoms with Gasteiger partial charge in [0.05, 0.1) is 7.11 Å². The summed E-state index contributed by atoms with van der Waals surface area (Å²) < 4.78 is 4.51. The van der Waals surface area contributed by atoms with E-state index in [0.717, 1.165) is 5.39 Å². The lowest BCUT2D eigenvalue weighted by Crippen LogP contribution is -2.18. The second kappa shape index (κ2) is 19.7. The molecule has 0 aliphatic rings. The molecule has 236 valence electrons. The quantitative estimate of drug-likeness (QED) is 0.170. The minimum Gasteiger partial charge on any atom is -0.477 e. The highest BCUT2D eigenvalue weighted by Crippen LogP contribution is 2.11. The lowest BCUT2D eigenvalue weighted by atomic mass is 10.1. The maximum Gasteiger partial charge on any atom is 0.343 e. The van der Waals surface area contributed by atoms with E-state index in [1.165, 1.54) is 19.2 Å². The van der Waals surface area contributed by atoms with Crippen LogP contribution >= 0.6 is 0 Å². The van der Waals surface area contributed by atoms with E-state index in [1.807, 2.05) is 127 Å². The number of hydrogen-bond acceptors (Lipinski definition) is 5. The van der Waals surface area contributed by atoms with Crippen LogP contribution in [0.2, 0.25) is 0 Å². The number of esters is 1. The summed E-state index contributed by atoms with van der Waals surface area (Å²) in [7, 11) is 1.25. The highest BCUT2D eigenvalue weighted by atomic mass is 16.5. The number of carboxylic acid groups (broad SMARTS) is 1. The molecule has 0 aliphatic heterocycles. The van der Waals surface area contributed by atoms with Crippen molar-refractivity contribution in [2.75, 3.05) is 7.11 Å². The first kappa shape index (κ1) is 34.9. The number of carbonyl (C=O) groups excluding carboxylic acids is 1. The van der Waals surface area contributed by atoms with Gasteiger partial charge in [0.25, 0.3) is 11.1 Å². The van der Waals surface area contributed by atoms with E-state index >= 15 is 0 Å². The Kier molecular flexibility index (Phi) is 14.6. The van der Waals surface area contributed by atoms with E-state index in [9.17, 15) is 19.2 Å². The van der Waals surface area contributed by atoms with Crippen LogP contribution in [0.25, 0.3) is 21.8 Å². The van der Waals surface area contributed by atoms with Crippen LogP contribution in [0.5, 0.6) is 0 Å². The standard InChI is InChI=1S/C11H9NO3.C10H7NO3.3C6H6/c1-15-11(14)8-6-7-4-2-3-5-9(7)12-10(8)13;12-9-7(10(13)14)5-6-3-1-2-4-8(6)11-9;3*1-2-4-6-5-3-1/h2-6H,1H3,(H,12,13);1-5H,(H,11,12)(H,13,14);3*1-6H. The molecule has 0 atom stereocenters. The van der Waals surface area contributed by atoms with E-state index in [-0.39, 0.29) is 11.1 Å². The molecule has 0 radical (unpaired) electrons. The number of methoxy groups -OCH3 is 1. The summed E-state index contributed by atoms with van der Waals surface area (Å²) in [4.78, 5) is 49.7. The Morgan fingerprint density at radius 1 is 0.489 bits per heavy atom. The summed E-state index contributed by atoms with van der Waals surface area (Å²) in [6.45, 7) is 0. The van der Waals surface area contributed by atoms with Crippen molar-refractivity contribution in [1.82, 2.24) is 9.97 Å². The minimum atomic E-state index is -1.21. The van der Waals surface area contributed by atoms with Gasteiger partial charge in [0, 0.05) is 11.0 Å². The average molecular weight is 627 g/mol. The number of rotatable bonds is 2. The van der Waals surface area contributed by atoms with Crippen LogP contribution in [0.1, 0.15) is 20.7 Å². The van der Waals surface area contributed by atoms with Crippen LogP contribution in [0.4, 0.5) is 0 Å². The number of benzene rings is 5. The molecule has 0 aliphatic carbocycles. The lowest BCUT2D eigenvalue weighted by Gasteiger charge is -2.00. The van der Waals surface area contributed by atoms with Crippen LogP contribution in [-0.4, -0.2) is 34.1 Å². The summed E-state index contributed by atoms with van der Waals surface area (Å²) in [5.74, 6) is -1.83. The van der Waals surface area contributed by atoms with Crippen molar-refractivity contribution in [2.45, 2.75) is 0 Å². The van der Waals surface area contributed by atoms with Crippen LogP contribution in [0.15, 0.2) is 179 Å². The van der Waals surface area contributed by atoms with Crippen molar-refractivity contribution in [3.05, 3.63) is 202 Å². The van der Waals surface area contributed by atoms with E-state index in [0.29, 0.717) is 16.4 Å². The summed E-state index contributed by atoms with van der Waals surface area (Å²) in [6, 6.07) is 53.2. The number of carboxylic acids is 1. The Morgan fingerprint density at radius 2 is 0.787 bits per heavy atom. The largest absolute Gasteiger partial charge is 0.477 e. The van der Waals surface area contributed by atoms with Gasteiger partial charge in [0.1, 0.15) is 11.1 Å². The van der Waals surface area contributed by atoms with Crippen molar-refractivity contribution < 1.29 is 19.4 Å². The molecule has 0 spiro atoms. The van der Waals surface area contributed by atoms with Gasteiger partial charge in [-0.25, -0.2) is 9.59 Å². The smallest absolute Gasteiger partial charge is 0.343 e. The van der Waals surface area contributed by atoms with E-state index in [4.69, 9.17) is 5.11 Å². The number of aromatic amines is 2. The maximum absolute atomic E-state index is 11.5. The van der Waals surface area contributed by atoms with Gasteiger partial charge >= 0.3 is 11.9 Å². The van der Waals surface area contributed by atoms with Gasteiger partial charge in [0.2, 0.25) is 0 Å². The van der Waals surface area contributed by atoms with Gasteiger partial charge < -0.3 is 19.8 Å². The first-order chi connectivity index (χ1) is 22.9. The zero-order chi connectivity index (χ0) is 33.7. The lowest BCUT2D eigenvalue weighted by molar-refractivity contribution is 0.0598. The molecule has 0 amide bonds. The summed E-state index contributed by atoms with van der Waals surface area (Å²) in [5.41, 5.74) is 0.134. The van der Waals surface area contributed by atoms with Crippen molar-refractivity contribution in [2.24, 2.45) is 0 Å². The molecule has 0 unspecified atom stereocenters. The molecule has 8 heteroatoms. The number of aromatic carboxylic acids is 1. The number of nitrogens with one attached hydrogen (secondary N) is 2. The highest BCUT2D eigenvalue weighted by molar-refractivity contribution is 5.93. The first-order valence-corrected chi connectivity index (χ1v) is 14.5. The Labute approximate surface area is 271 Å². The average Bonchev–Trinajstić information content (AvgIpc) is 3.14. The van der Waals surface area contributed by atoms with Gasteiger partial charge in [-0.3, -0.25) is 9.59 Å². The summed E-state index contributed by atoms with van der Waals surface area (Å²) in [6.07, 6.45) is 0. The Bertz CT molecular complexity index is 1900. The van der Waals surface area contributed by atoms with Crippen LogP contribution < -0.4 is 11.1 Å². The second-order valence-corrected chi connectivity index (χ2v) is 9.46. The van der Waals surface area contributed by atoms with Gasteiger partial charge in [-0.15, -0.1) is 0 Å².